The number of nitrogens with one attached hydrogen (secondary N) is 3. The molecule has 0 fully saturated rings. The fraction of sp³-hybridized carbons (Fsp3) is 0.100. The van der Waals surface area contributed by atoms with Crippen molar-refractivity contribution in [1.29, 1.82) is 0 Å². The van der Waals surface area contributed by atoms with E-state index >= 15 is 0 Å². The van der Waals surface area contributed by atoms with Crippen LogP contribution in [0.1, 0.15) is 30.2 Å². The molecule has 0 amide bonds. The summed E-state index contributed by atoms with van der Waals surface area (Å²) in [5, 5.41) is 14.3. The van der Waals surface area contributed by atoms with Crippen molar-refractivity contribution in [3.63, 3.8) is 0 Å². The fourth-order valence-electron chi connectivity index (χ4n) is 6.04. The van der Waals surface area contributed by atoms with Crippen molar-refractivity contribution in [3.05, 3.63) is 162 Å². The van der Waals surface area contributed by atoms with E-state index < -0.39 is 0 Å². The lowest BCUT2D eigenvalue weighted by atomic mass is 10.0. The van der Waals surface area contributed by atoms with Gasteiger partial charge in [0.1, 0.15) is 0 Å². The van der Waals surface area contributed by atoms with Crippen molar-refractivity contribution >= 4 is 44.7 Å². The van der Waals surface area contributed by atoms with Crippen molar-refractivity contribution in [3.8, 4) is 5.69 Å². The zero-order chi connectivity index (χ0) is 29.7. The summed E-state index contributed by atoms with van der Waals surface area (Å²) >= 11 is 0. The van der Waals surface area contributed by atoms with Crippen LogP contribution in [0.25, 0.3) is 39.0 Å². The predicted molar refractivity (Wildman–Crippen MR) is 188 cm³/mol. The summed E-state index contributed by atoms with van der Waals surface area (Å²) < 4.78 is 2.39. The molecule has 0 saturated carbocycles. The van der Waals surface area contributed by atoms with Crippen LogP contribution in [0, 0.1) is 0 Å². The highest BCUT2D eigenvalue weighted by atomic mass is 15.1. The van der Waals surface area contributed by atoms with E-state index in [1.807, 2.05) is 18.2 Å². The van der Waals surface area contributed by atoms with Crippen LogP contribution in [-0.4, -0.2) is 11.2 Å². The minimum absolute atomic E-state index is 0.638. The van der Waals surface area contributed by atoms with E-state index in [-0.39, 0.29) is 0 Å². The minimum atomic E-state index is 0.638. The molecule has 6 aromatic rings. The summed E-state index contributed by atoms with van der Waals surface area (Å²) in [5.74, 6) is 0. The Balaban J connectivity index is 1.16. The van der Waals surface area contributed by atoms with Gasteiger partial charge in [0.2, 0.25) is 0 Å². The Kier molecular flexibility index (Phi) is 7.71. The molecule has 3 N–H and O–H groups in total. The zero-order valence-corrected chi connectivity index (χ0v) is 24.9. The first-order valence-corrected chi connectivity index (χ1v) is 15.3. The van der Waals surface area contributed by atoms with Gasteiger partial charge in [0, 0.05) is 40.0 Å². The number of nitrogens with zero attached hydrogens (tertiary/aromatic N) is 1. The molecule has 4 heteroatoms. The van der Waals surface area contributed by atoms with Gasteiger partial charge < -0.3 is 20.5 Å². The summed E-state index contributed by atoms with van der Waals surface area (Å²) in [7, 11) is 0. The highest BCUT2D eigenvalue weighted by Gasteiger charge is 2.17. The lowest BCUT2D eigenvalue weighted by Crippen LogP contribution is -2.20. The molecule has 44 heavy (non-hydrogen) atoms. The van der Waals surface area contributed by atoms with Gasteiger partial charge in [-0.25, -0.2) is 0 Å². The SMILES string of the molecule is C/C(=C\C(=C/Nc1ccc(-n2c3c(c4ccccc42)CCC=C3)cc1)c1ccc2ccccc2c1)NCNc1ccccc1. The Morgan fingerprint density at radius 3 is 2.41 bits per heavy atom. The second-order valence-corrected chi connectivity index (χ2v) is 11.2. The number of aryl methyl sites for hydroxylation is 1. The Morgan fingerprint density at radius 1 is 0.773 bits per heavy atom. The quantitative estimate of drug-likeness (QED) is 0.119. The van der Waals surface area contributed by atoms with Crippen LogP contribution >= 0.6 is 0 Å². The van der Waals surface area contributed by atoms with E-state index in [0.717, 1.165) is 41.1 Å². The van der Waals surface area contributed by atoms with E-state index in [2.05, 4.69) is 155 Å². The Morgan fingerprint density at radius 2 is 1.55 bits per heavy atom. The highest BCUT2D eigenvalue weighted by molar-refractivity contribution is 5.91. The third-order valence-electron chi connectivity index (χ3n) is 8.27. The van der Waals surface area contributed by atoms with Crippen LogP contribution in [0.3, 0.4) is 0 Å². The standard InChI is InChI=1S/C40H36N4/c1-29(42-28-43-34-13-3-2-4-14-34)25-33(32-20-19-30-11-5-6-12-31(30)26-32)27-41-35-21-23-36(24-22-35)44-39-17-9-7-15-37(39)38-16-8-10-18-40(38)44/h2-7,9-15,17-27,41-43H,8,16,28H2,1H3/b29-25+,33-27+. The molecule has 1 aromatic heterocycles. The second-order valence-electron chi connectivity index (χ2n) is 11.2. The Hall–Kier alpha value is -5.48. The molecule has 216 valence electrons. The number of hydrogen-bond acceptors (Lipinski definition) is 3. The number of anilines is 2. The molecule has 1 aliphatic carbocycles. The fourth-order valence-corrected chi connectivity index (χ4v) is 6.04. The average molecular weight is 573 g/mol. The first-order chi connectivity index (χ1) is 21.7. The monoisotopic (exact) mass is 572 g/mol. The maximum absolute atomic E-state index is 3.58. The smallest absolute Gasteiger partial charge is 0.0846 e. The van der Waals surface area contributed by atoms with Gasteiger partial charge in [-0.1, -0.05) is 78.9 Å². The molecule has 1 heterocycles. The molecule has 0 unspecified atom stereocenters. The van der Waals surface area contributed by atoms with Gasteiger partial charge in [-0.2, -0.15) is 0 Å². The van der Waals surface area contributed by atoms with Gasteiger partial charge in [0.15, 0.2) is 0 Å². The number of fused-ring (bicyclic) bond motifs is 4. The highest BCUT2D eigenvalue weighted by Crippen LogP contribution is 2.34. The summed E-state index contributed by atoms with van der Waals surface area (Å²) in [6, 6.07) is 42.9. The van der Waals surface area contributed by atoms with Crippen molar-refractivity contribution in [2.75, 3.05) is 17.3 Å². The number of allylic oxidation sites excluding steroid dienone is 4. The van der Waals surface area contributed by atoms with Crippen molar-refractivity contribution < 1.29 is 0 Å². The van der Waals surface area contributed by atoms with Crippen LogP contribution in [-0.2, 0) is 6.42 Å². The van der Waals surface area contributed by atoms with Gasteiger partial charge in [0.05, 0.1) is 12.2 Å². The average Bonchev–Trinajstić information content (AvgIpc) is 3.41. The van der Waals surface area contributed by atoms with Crippen LogP contribution < -0.4 is 16.0 Å². The summed E-state index contributed by atoms with van der Waals surface area (Å²) in [5.41, 5.74) is 10.6. The Labute approximate surface area is 259 Å². The number of benzene rings is 5. The zero-order valence-electron chi connectivity index (χ0n) is 24.9. The van der Waals surface area contributed by atoms with Gasteiger partial charge >= 0.3 is 0 Å². The number of para-hydroxylation sites is 2. The maximum Gasteiger partial charge on any atom is 0.0846 e. The molecular weight excluding hydrogens is 536 g/mol. The first kappa shape index (κ1) is 27.4. The van der Waals surface area contributed by atoms with Crippen LogP contribution in [0.2, 0.25) is 0 Å². The molecule has 0 radical (unpaired) electrons. The normalized spacial score (nSPS) is 13.2. The van der Waals surface area contributed by atoms with E-state index in [4.69, 9.17) is 0 Å². The van der Waals surface area contributed by atoms with E-state index in [9.17, 15) is 0 Å². The van der Waals surface area contributed by atoms with Gasteiger partial charge in [-0.05, 0) is 108 Å². The molecule has 0 saturated heterocycles. The van der Waals surface area contributed by atoms with E-state index in [1.165, 1.54) is 38.6 Å². The van der Waals surface area contributed by atoms with Crippen molar-refractivity contribution in [2.24, 2.45) is 0 Å². The lowest BCUT2D eigenvalue weighted by Gasteiger charge is -2.13. The summed E-state index contributed by atoms with van der Waals surface area (Å²) in [6.45, 7) is 2.74. The van der Waals surface area contributed by atoms with Gasteiger partial charge in [-0.15, -0.1) is 0 Å². The molecule has 5 aromatic carbocycles. The topological polar surface area (TPSA) is 41.0 Å². The first-order valence-electron chi connectivity index (χ1n) is 15.3. The van der Waals surface area contributed by atoms with Crippen LogP contribution in [0.15, 0.2) is 145 Å². The Bertz CT molecular complexity index is 2010. The van der Waals surface area contributed by atoms with Crippen molar-refractivity contribution in [1.82, 2.24) is 9.88 Å². The van der Waals surface area contributed by atoms with Crippen LogP contribution in [0.4, 0.5) is 11.4 Å². The molecule has 1 aliphatic rings. The van der Waals surface area contributed by atoms with Gasteiger partial charge in [0.25, 0.3) is 0 Å². The maximum atomic E-state index is 3.58. The third-order valence-corrected chi connectivity index (χ3v) is 8.27. The summed E-state index contributed by atoms with van der Waals surface area (Å²) in [4.78, 5) is 0. The lowest BCUT2D eigenvalue weighted by molar-refractivity contribution is 0.865. The molecule has 0 spiro atoms. The molecule has 0 bridgehead atoms. The third kappa shape index (κ3) is 5.75. The molecule has 0 atom stereocenters. The van der Waals surface area contributed by atoms with Gasteiger partial charge in [-0.3, -0.25) is 0 Å². The van der Waals surface area contributed by atoms with E-state index in [0.29, 0.717) is 6.67 Å². The number of hydrogen-bond donors (Lipinski definition) is 3. The number of rotatable bonds is 9. The second kappa shape index (κ2) is 12.4. The molecular formula is C40H36N4. The molecule has 7 rings (SSSR count). The van der Waals surface area contributed by atoms with Crippen molar-refractivity contribution in [2.45, 2.75) is 19.8 Å². The summed E-state index contributed by atoms with van der Waals surface area (Å²) in [6.07, 6.45) is 11.1. The predicted octanol–water partition coefficient (Wildman–Crippen LogP) is 9.76. The minimum Gasteiger partial charge on any atom is -0.371 e. The number of aromatic nitrogens is 1. The molecule has 0 aliphatic heterocycles. The molecule has 4 nitrogen and oxygen atoms in total. The van der Waals surface area contributed by atoms with E-state index in [1.54, 1.807) is 0 Å². The largest absolute Gasteiger partial charge is 0.371 e. The van der Waals surface area contributed by atoms with Crippen LogP contribution in [0.5, 0.6) is 0 Å².